The van der Waals surface area contributed by atoms with Gasteiger partial charge in [0, 0.05) is 28.9 Å². The number of hydrogen-bond donors (Lipinski definition) is 1. The second-order valence-electron chi connectivity index (χ2n) is 12.9. The van der Waals surface area contributed by atoms with Gasteiger partial charge in [0.15, 0.2) is 0 Å². The van der Waals surface area contributed by atoms with Gasteiger partial charge in [0.1, 0.15) is 11.5 Å². The number of benzene rings is 6. The summed E-state index contributed by atoms with van der Waals surface area (Å²) in [4.78, 5) is 11.2. The summed E-state index contributed by atoms with van der Waals surface area (Å²) in [5.74, 6) is -1.53. The topological polar surface area (TPSA) is 65.0 Å². The van der Waals surface area contributed by atoms with E-state index >= 15 is 0 Å². The van der Waals surface area contributed by atoms with Crippen LogP contribution in [0.15, 0.2) is 91.0 Å². The van der Waals surface area contributed by atoms with Crippen LogP contribution in [-0.4, -0.2) is 11.5 Å². The molecule has 1 heterocycles. The zero-order valence-electron chi connectivity index (χ0n) is 28.6. The Kier molecular flexibility index (Phi) is 9.61. The Morgan fingerprint density at radius 3 is 1.42 bits per heavy atom. The zero-order valence-corrected chi connectivity index (χ0v) is 29.5. The number of phosphoric acid groups is 1. The molecule has 1 aliphatic heterocycles. The minimum absolute atomic E-state index is 0.00710. The first-order valence-corrected chi connectivity index (χ1v) is 18.0. The Hall–Kier alpha value is -5.25. The summed E-state index contributed by atoms with van der Waals surface area (Å²) in [6, 6.07) is 13.7. The van der Waals surface area contributed by atoms with Crippen molar-refractivity contribution in [3.8, 4) is 44.9 Å². The fourth-order valence-electron chi connectivity index (χ4n) is 6.66. The van der Waals surface area contributed by atoms with E-state index in [1.165, 1.54) is 42.5 Å². The Morgan fingerprint density at radius 1 is 0.561 bits per heavy atom. The lowest BCUT2D eigenvalue weighted by molar-refractivity contribution is -0.144. The maximum Gasteiger partial charge on any atom is 0.584 e. The fourth-order valence-corrected chi connectivity index (χ4v) is 7.54. The molecule has 6 aromatic carbocycles. The molecule has 0 aromatic heterocycles. The average Bonchev–Trinajstić information content (AvgIpc) is 3.24. The molecule has 7 rings (SSSR count). The van der Waals surface area contributed by atoms with Crippen molar-refractivity contribution in [1.29, 1.82) is 0 Å². The average molecular weight is 831 g/mol. The van der Waals surface area contributed by atoms with Gasteiger partial charge in [-0.05, 0) is 99.8 Å². The molecule has 0 radical (unpaired) electrons. The van der Waals surface area contributed by atoms with E-state index in [1.807, 2.05) is 0 Å². The Balaban J connectivity index is 1.68. The third kappa shape index (κ3) is 7.75. The van der Waals surface area contributed by atoms with Crippen LogP contribution < -0.4 is 9.05 Å². The number of fused-ring (bicyclic) bond motifs is 7. The van der Waals surface area contributed by atoms with E-state index in [0.29, 0.717) is 29.8 Å². The highest BCUT2D eigenvalue weighted by Crippen LogP contribution is 2.62. The molecule has 0 fully saturated rings. The molecule has 1 aliphatic rings. The van der Waals surface area contributed by atoms with E-state index in [-0.39, 0.29) is 58.0 Å². The molecule has 0 bridgehead atoms. The van der Waals surface area contributed by atoms with Crippen molar-refractivity contribution in [1.82, 2.24) is 0 Å². The molecule has 0 saturated carbocycles. The van der Waals surface area contributed by atoms with E-state index in [2.05, 4.69) is 0 Å². The summed E-state index contributed by atoms with van der Waals surface area (Å²) in [7, 11) is -5.66. The fraction of sp³-hybridized carbons (Fsp3) is 0.179. The molecule has 5 nitrogen and oxygen atoms in total. The van der Waals surface area contributed by atoms with Gasteiger partial charge in [-0.15, -0.1) is 0 Å². The quantitative estimate of drug-likeness (QED) is 0.138. The van der Waals surface area contributed by atoms with E-state index in [0.717, 1.165) is 12.1 Å². The van der Waals surface area contributed by atoms with Crippen LogP contribution in [0.25, 0.3) is 54.9 Å². The molecule has 1 atom stereocenters. The van der Waals surface area contributed by atoms with Crippen LogP contribution in [0.2, 0.25) is 0 Å². The van der Waals surface area contributed by atoms with Crippen LogP contribution in [-0.2, 0) is 40.6 Å². The lowest BCUT2D eigenvalue weighted by atomic mass is 9.85. The predicted molar refractivity (Wildman–Crippen MR) is 184 cm³/mol. The molecular formula is C39H23F12O5P. The number of alkyl halides is 12. The van der Waals surface area contributed by atoms with E-state index in [1.54, 1.807) is 6.92 Å². The van der Waals surface area contributed by atoms with Crippen molar-refractivity contribution in [2.45, 2.75) is 38.2 Å². The van der Waals surface area contributed by atoms with Gasteiger partial charge in [-0.1, -0.05) is 36.4 Å². The Bertz CT molecular complexity index is 2560. The molecule has 6 aromatic rings. The van der Waals surface area contributed by atoms with Gasteiger partial charge in [0.05, 0.1) is 28.9 Å². The van der Waals surface area contributed by atoms with E-state index in [4.69, 9.17) is 13.8 Å². The van der Waals surface area contributed by atoms with Gasteiger partial charge in [-0.3, -0.25) is 4.89 Å². The van der Waals surface area contributed by atoms with Crippen LogP contribution >= 0.6 is 7.82 Å². The van der Waals surface area contributed by atoms with Crippen molar-refractivity contribution >= 4 is 29.4 Å². The van der Waals surface area contributed by atoms with Crippen LogP contribution in [0.5, 0.6) is 11.5 Å². The van der Waals surface area contributed by atoms with Crippen molar-refractivity contribution in [2.24, 2.45) is 0 Å². The molecule has 57 heavy (non-hydrogen) atoms. The van der Waals surface area contributed by atoms with Gasteiger partial charge in [-0.25, -0.2) is 4.57 Å². The monoisotopic (exact) mass is 830 g/mol. The van der Waals surface area contributed by atoms with Crippen LogP contribution in [0, 0.1) is 0 Å². The highest BCUT2D eigenvalue weighted by atomic mass is 31.2. The molecule has 0 saturated heterocycles. The molecule has 0 aliphatic carbocycles. The molecule has 0 spiro atoms. The van der Waals surface area contributed by atoms with E-state index < -0.39 is 88.5 Å². The maximum absolute atomic E-state index is 14.1. The standard InChI is InChI=1S/C39H23F12O5P/c1-2-54-18-19-7-8-29-21(9-19)15-31(23-12-26(38(46,47)48)17-27(13-23)39(49,50)51)35-33(29)32-28-6-4-3-5-20(28)14-30(34(32)55-57(52,53)56-35)22-10-24(36(40,41)42)16-25(11-22)37(43,44)45/h3-17H,2,18H2,1H3,(H,52,53). The number of rotatable bonds is 5. The minimum atomic E-state index is -5.66. The molecule has 1 N–H and O–H groups in total. The highest BCUT2D eigenvalue weighted by Gasteiger charge is 2.42. The highest BCUT2D eigenvalue weighted by molar-refractivity contribution is 7.48. The number of phosphoric ester groups is 1. The van der Waals surface area contributed by atoms with Crippen molar-refractivity contribution in [3.05, 3.63) is 119 Å². The van der Waals surface area contributed by atoms with Crippen molar-refractivity contribution < 1.29 is 75.9 Å². The summed E-state index contributed by atoms with van der Waals surface area (Å²) in [6.07, 6.45) is -21.3. The zero-order chi connectivity index (χ0) is 41.5. The molecular weight excluding hydrogens is 807 g/mol. The molecule has 0 amide bonds. The maximum atomic E-state index is 14.1. The van der Waals surface area contributed by atoms with Gasteiger partial charge < -0.3 is 13.8 Å². The first-order valence-electron chi connectivity index (χ1n) is 16.5. The summed E-state index contributed by atoms with van der Waals surface area (Å²) in [5.41, 5.74) is -9.69. The molecule has 18 heteroatoms. The van der Waals surface area contributed by atoms with Crippen LogP contribution in [0.1, 0.15) is 34.7 Å². The number of halogens is 12. The normalized spacial score (nSPS) is 16.2. The lowest BCUT2D eigenvalue weighted by Gasteiger charge is -2.21. The first kappa shape index (κ1) is 40.0. The lowest BCUT2D eigenvalue weighted by Crippen LogP contribution is -2.11. The van der Waals surface area contributed by atoms with E-state index in [9.17, 15) is 62.1 Å². The largest absolute Gasteiger partial charge is 0.584 e. The van der Waals surface area contributed by atoms with Crippen molar-refractivity contribution in [2.75, 3.05) is 6.61 Å². The summed E-state index contributed by atoms with van der Waals surface area (Å²) in [5, 5.41) is 0.435. The third-order valence-corrected chi connectivity index (χ3v) is 9.92. The van der Waals surface area contributed by atoms with Gasteiger partial charge in [0.25, 0.3) is 0 Å². The number of hydrogen-bond acceptors (Lipinski definition) is 4. The predicted octanol–water partition coefficient (Wildman–Crippen LogP) is 13.5. The third-order valence-electron chi connectivity index (χ3n) is 9.09. The SMILES string of the molecule is CCOCc1ccc2c3c(c(-c4cc(C(F)(F)F)cc(C(F)(F)F)c4)cc2c1)OP(=O)(O)Oc1c(-c2cc(C(F)(F)F)cc(C(F)(F)F)c2)cc2ccccc2c1-3. The first-order chi connectivity index (χ1) is 26.4. The number of ether oxygens (including phenoxy) is 1. The van der Waals surface area contributed by atoms with Crippen LogP contribution in [0.4, 0.5) is 52.7 Å². The molecule has 1 unspecified atom stereocenters. The van der Waals surface area contributed by atoms with Gasteiger partial charge in [0.2, 0.25) is 0 Å². The summed E-state index contributed by atoms with van der Waals surface area (Å²) >= 11 is 0. The van der Waals surface area contributed by atoms with Gasteiger partial charge >= 0.3 is 32.5 Å². The molecule has 298 valence electrons. The van der Waals surface area contributed by atoms with Gasteiger partial charge in [-0.2, -0.15) is 52.7 Å². The Labute approximate surface area is 313 Å². The van der Waals surface area contributed by atoms with Crippen LogP contribution in [0.3, 0.4) is 0 Å². The summed E-state index contributed by atoms with van der Waals surface area (Å²) < 4.78 is 200. The second-order valence-corrected chi connectivity index (χ2v) is 14.2. The van der Waals surface area contributed by atoms with Crippen molar-refractivity contribution in [3.63, 3.8) is 0 Å². The summed E-state index contributed by atoms with van der Waals surface area (Å²) in [6.45, 7) is 1.94. The Morgan fingerprint density at radius 2 is 0.982 bits per heavy atom. The minimum Gasteiger partial charge on any atom is -0.394 e. The smallest absolute Gasteiger partial charge is 0.394 e. The second kappa shape index (κ2) is 13.7.